The number of sulfonamides is 1. The number of ether oxygens (including phenoxy) is 1. The number of carboxylic acid groups (broad SMARTS) is 1. The number of hydrogen-bond donors (Lipinski definition) is 1. The second kappa shape index (κ2) is 5.86. The van der Waals surface area contributed by atoms with Crippen molar-refractivity contribution in [2.24, 2.45) is 0 Å². The van der Waals surface area contributed by atoms with E-state index in [9.17, 15) is 17.6 Å². The van der Waals surface area contributed by atoms with E-state index < -0.39 is 27.6 Å². The van der Waals surface area contributed by atoms with Gasteiger partial charge in [-0.05, 0) is 18.2 Å². The normalized spacial score (nSPS) is 17.1. The van der Waals surface area contributed by atoms with Gasteiger partial charge in [0.25, 0.3) is 0 Å². The highest BCUT2D eigenvalue weighted by Gasteiger charge is 2.26. The Kier molecular flexibility index (Phi) is 4.36. The highest BCUT2D eigenvalue weighted by atomic mass is 32.2. The second-order valence-electron chi connectivity index (χ2n) is 4.38. The monoisotopic (exact) mass is 303 g/mol. The van der Waals surface area contributed by atoms with Crippen LogP contribution in [0.25, 0.3) is 0 Å². The van der Waals surface area contributed by atoms with Crippen LogP contribution in [0, 0.1) is 5.82 Å². The molecular weight excluding hydrogens is 289 g/mol. The summed E-state index contributed by atoms with van der Waals surface area (Å²) in [6.07, 6.45) is 0. The van der Waals surface area contributed by atoms with Crippen LogP contribution in [0.1, 0.15) is 15.9 Å². The molecule has 0 spiro atoms. The summed E-state index contributed by atoms with van der Waals surface area (Å²) in [5.74, 6) is -2.51. The van der Waals surface area contributed by atoms with Crippen LogP contribution >= 0.6 is 0 Å². The van der Waals surface area contributed by atoms with Gasteiger partial charge in [-0.3, -0.25) is 0 Å². The van der Waals surface area contributed by atoms with Gasteiger partial charge < -0.3 is 9.84 Å². The number of aromatic carboxylic acids is 1. The molecule has 0 radical (unpaired) electrons. The van der Waals surface area contributed by atoms with Crippen LogP contribution < -0.4 is 0 Å². The molecule has 0 unspecified atom stereocenters. The largest absolute Gasteiger partial charge is 0.478 e. The van der Waals surface area contributed by atoms with E-state index in [1.54, 1.807) is 0 Å². The van der Waals surface area contributed by atoms with E-state index in [0.717, 1.165) is 18.2 Å². The van der Waals surface area contributed by atoms with Crippen molar-refractivity contribution < 1.29 is 27.4 Å². The van der Waals surface area contributed by atoms with Gasteiger partial charge in [0.2, 0.25) is 10.0 Å². The Bertz CT molecular complexity index is 610. The minimum absolute atomic E-state index is 0.140. The van der Waals surface area contributed by atoms with Gasteiger partial charge >= 0.3 is 5.97 Å². The topological polar surface area (TPSA) is 83.9 Å². The number of morpholine rings is 1. The molecule has 0 saturated carbocycles. The predicted molar refractivity (Wildman–Crippen MR) is 68.4 cm³/mol. The van der Waals surface area contributed by atoms with Gasteiger partial charge in [-0.25, -0.2) is 17.6 Å². The minimum Gasteiger partial charge on any atom is -0.478 e. The molecule has 2 rings (SSSR count). The molecule has 6 nitrogen and oxygen atoms in total. The highest BCUT2D eigenvalue weighted by Crippen LogP contribution is 2.17. The van der Waals surface area contributed by atoms with E-state index in [4.69, 9.17) is 9.84 Å². The molecule has 1 heterocycles. The molecule has 0 aliphatic carbocycles. The van der Waals surface area contributed by atoms with Crippen molar-refractivity contribution in [2.75, 3.05) is 26.3 Å². The van der Waals surface area contributed by atoms with Crippen molar-refractivity contribution in [3.05, 3.63) is 35.1 Å². The molecule has 1 fully saturated rings. The fourth-order valence-electron chi connectivity index (χ4n) is 1.93. The maximum Gasteiger partial charge on any atom is 0.335 e. The van der Waals surface area contributed by atoms with Gasteiger partial charge in [-0.1, -0.05) is 0 Å². The number of carboxylic acids is 1. The molecular formula is C12H14FNO5S. The molecule has 1 aliphatic heterocycles. The summed E-state index contributed by atoms with van der Waals surface area (Å²) in [5, 5.41) is 8.85. The average Bonchev–Trinajstić information content (AvgIpc) is 2.42. The summed E-state index contributed by atoms with van der Waals surface area (Å²) in [6.45, 7) is 1.05. The fourth-order valence-corrected chi connectivity index (χ4v) is 3.43. The van der Waals surface area contributed by atoms with E-state index in [1.165, 1.54) is 4.31 Å². The lowest BCUT2D eigenvalue weighted by Crippen LogP contribution is -2.41. The molecule has 0 aromatic heterocycles. The summed E-state index contributed by atoms with van der Waals surface area (Å²) in [7, 11) is -3.68. The number of hydrogen-bond acceptors (Lipinski definition) is 4. The molecule has 1 N–H and O–H groups in total. The molecule has 1 aromatic rings. The lowest BCUT2D eigenvalue weighted by Gasteiger charge is -2.26. The number of halogens is 1. The van der Waals surface area contributed by atoms with E-state index in [0.29, 0.717) is 13.2 Å². The summed E-state index contributed by atoms with van der Waals surface area (Å²) in [5.41, 5.74) is -0.282. The van der Waals surface area contributed by atoms with Crippen LogP contribution in [0.4, 0.5) is 4.39 Å². The quantitative estimate of drug-likeness (QED) is 0.884. The summed E-state index contributed by atoms with van der Waals surface area (Å²) >= 11 is 0. The Morgan fingerprint density at radius 3 is 2.60 bits per heavy atom. The molecule has 0 amide bonds. The average molecular weight is 303 g/mol. The summed E-state index contributed by atoms with van der Waals surface area (Å²) in [6, 6.07) is 3.12. The third-order valence-corrected chi connectivity index (χ3v) is 4.82. The van der Waals surface area contributed by atoms with Crippen molar-refractivity contribution in [1.82, 2.24) is 4.31 Å². The third-order valence-electron chi connectivity index (χ3n) is 2.99. The van der Waals surface area contributed by atoms with E-state index in [2.05, 4.69) is 0 Å². The van der Waals surface area contributed by atoms with Gasteiger partial charge in [0.1, 0.15) is 5.82 Å². The molecule has 0 atom stereocenters. The van der Waals surface area contributed by atoms with Crippen LogP contribution in [0.2, 0.25) is 0 Å². The van der Waals surface area contributed by atoms with Crippen molar-refractivity contribution in [3.8, 4) is 0 Å². The van der Waals surface area contributed by atoms with E-state index >= 15 is 0 Å². The van der Waals surface area contributed by atoms with Crippen molar-refractivity contribution >= 4 is 16.0 Å². The maximum absolute atomic E-state index is 13.6. The standard InChI is InChI=1S/C12H14FNO5S/c13-11-2-1-9(12(15)16)7-10(11)8-20(17,18)14-3-5-19-6-4-14/h1-2,7H,3-6,8H2,(H,15,16). The molecule has 1 saturated heterocycles. The first-order chi connectivity index (χ1) is 9.40. The Morgan fingerprint density at radius 2 is 2.00 bits per heavy atom. The zero-order valence-electron chi connectivity index (χ0n) is 10.6. The summed E-state index contributed by atoms with van der Waals surface area (Å²) in [4.78, 5) is 10.8. The Morgan fingerprint density at radius 1 is 1.35 bits per heavy atom. The van der Waals surface area contributed by atoms with Gasteiger partial charge in [0.05, 0.1) is 24.5 Å². The number of carbonyl (C=O) groups is 1. The zero-order chi connectivity index (χ0) is 14.8. The Hall–Kier alpha value is -1.51. The first kappa shape index (κ1) is 14.9. The van der Waals surface area contributed by atoms with Crippen molar-refractivity contribution in [1.29, 1.82) is 0 Å². The Balaban J connectivity index is 2.24. The lowest BCUT2D eigenvalue weighted by atomic mass is 10.1. The van der Waals surface area contributed by atoms with Crippen molar-refractivity contribution in [2.45, 2.75) is 5.75 Å². The number of benzene rings is 1. The van der Waals surface area contributed by atoms with Crippen LogP contribution in [0.3, 0.4) is 0 Å². The zero-order valence-corrected chi connectivity index (χ0v) is 11.4. The lowest BCUT2D eigenvalue weighted by molar-refractivity contribution is 0.0696. The molecule has 8 heteroatoms. The number of nitrogens with zero attached hydrogens (tertiary/aromatic N) is 1. The molecule has 1 aliphatic rings. The third kappa shape index (κ3) is 3.33. The van der Waals surface area contributed by atoms with E-state index in [-0.39, 0.29) is 24.2 Å². The van der Waals surface area contributed by atoms with Crippen LogP contribution in [-0.2, 0) is 20.5 Å². The predicted octanol–water partition coefficient (Wildman–Crippen LogP) is 0.686. The van der Waals surface area contributed by atoms with Crippen LogP contribution in [-0.4, -0.2) is 50.1 Å². The first-order valence-corrected chi connectivity index (χ1v) is 7.58. The second-order valence-corrected chi connectivity index (χ2v) is 6.35. The Labute approximate surface area is 115 Å². The van der Waals surface area contributed by atoms with Gasteiger partial charge in [-0.15, -0.1) is 0 Å². The molecule has 20 heavy (non-hydrogen) atoms. The molecule has 1 aromatic carbocycles. The first-order valence-electron chi connectivity index (χ1n) is 5.97. The SMILES string of the molecule is O=C(O)c1ccc(F)c(CS(=O)(=O)N2CCOCC2)c1. The number of rotatable bonds is 4. The smallest absolute Gasteiger partial charge is 0.335 e. The van der Waals surface area contributed by atoms with Crippen LogP contribution in [0.15, 0.2) is 18.2 Å². The van der Waals surface area contributed by atoms with Crippen molar-refractivity contribution in [3.63, 3.8) is 0 Å². The molecule has 0 bridgehead atoms. The maximum atomic E-state index is 13.6. The van der Waals surface area contributed by atoms with Gasteiger partial charge in [0.15, 0.2) is 0 Å². The highest BCUT2D eigenvalue weighted by molar-refractivity contribution is 7.88. The van der Waals surface area contributed by atoms with Gasteiger partial charge in [-0.2, -0.15) is 4.31 Å². The minimum atomic E-state index is -3.68. The van der Waals surface area contributed by atoms with E-state index in [1.807, 2.05) is 0 Å². The summed E-state index contributed by atoms with van der Waals surface area (Å²) < 4.78 is 44.2. The fraction of sp³-hybridized carbons (Fsp3) is 0.417. The van der Waals surface area contributed by atoms with Gasteiger partial charge in [0, 0.05) is 18.7 Å². The molecule has 110 valence electrons. The van der Waals surface area contributed by atoms with Crippen LogP contribution in [0.5, 0.6) is 0 Å².